The molecule has 0 bridgehead atoms. The number of nitro benzene ring substituents is 2. The summed E-state index contributed by atoms with van der Waals surface area (Å²) in [7, 11) is 0. The Morgan fingerprint density at radius 3 is 2.14 bits per heavy atom. The van der Waals surface area contributed by atoms with E-state index in [1.807, 2.05) is 0 Å². The van der Waals surface area contributed by atoms with E-state index in [4.69, 9.17) is 11.6 Å². The van der Waals surface area contributed by atoms with E-state index in [1.54, 1.807) is 12.1 Å². The number of anilines is 1. The number of hydrogen-bond acceptors (Lipinski definition) is 8. The average Bonchev–Trinajstić information content (AvgIpc) is 3.18. The van der Waals surface area contributed by atoms with Crippen LogP contribution in [0.1, 0.15) is 26.3 Å². The first kappa shape index (κ1) is 24.8. The molecule has 1 aliphatic heterocycles. The predicted molar refractivity (Wildman–Crippen MR) is 134 cm³/mol. The summed E-state index contributed by atoms with van der Waals surface area (Å²) in [6, 6.07) is 14.8. The van der Waals surface area contributed by atoms with Gasteiger partial charge in [-0.3, -0.25) is 34.6 Å². The minimum Gasteiger partial charge on any atom is -0.321 e. The SMILES string of the molecule is O=C1Nc2ccc(Cl)cc2/C1=C(/SCC(=O)c1cccc([N+](=O)[O-])c1)C(=O)c1cccc([N+](=O)[O-])c1. The van der Waals surface area contributed by atoms with Gasteiger partial charge in [-0.2, -0.15) is 0 Å². The maximum Gasteiger partial charge on any atom is 0.270 e. The molecule has 0 saturated heterocycles. The van der Waals surface area contributed by atoms with Crippen LogP contribution < -0.4 is 5.32 Å². The number of rotatable bonds is 8. The largest absolute Gasteiger partial charge is 0.321 e. The zero-order valence-corrected chi connectivity index (χ0v) is 19.7. The van der Waals surface area contributed by atoms with Crippen molar-refractivity contribution in [2.75, 3.05) is 11.1 Å². The van der Waals surface area contributed by atoms with E-state index in [-0.39, 0.29) is 38.7 Å². The maximum absolute atomic E-state index is 13.5. The maximum atomic E-state index is 13.5. The molecule has 4 rings (SSSR count). The molecular weight excluding hydrogens is 510 g/mol. The fraction of sp³-hybridized carbons (Fsp3) is 0.0417. The molecule has 1 heterocycles. The second-order valence-electron chi connectivity index (χ2n) is 7.50. The Balaban J connectivity index is 1.77. The van der Waals surface area contributed by atoms with Crippen LogP contribution in [-0.4, -0.2) is 33.1 Å². The molecule has 0 fully saturated rings. The first-order valence-electron chi connectivity index (χ1n) is 10.2. The third-order valence-corrected chi connectivity index (χ3v) is 6.53. The van der Waals surface area contributed by atoms with Gasteiger partial charge in [-0.05, 0) is 18.2 Å². The number of nitrogens with one attached hydrogen (secondary N) is 1. The highest BCUT2D eigenvalue weighted by Crippen LogP contribution is 2.40. The van der Waals surface area contributed by atoms with Crippen molar-refractivity contribution in [3.05, 3.63) is 114 Å². The van der Waals surface area contributed by atoms with E-state index >= 15 is 0 Å². The Labute approximate surface area is 212 Å². The van der Waals surface area contributed by atoms with Crippen LogP contribution in [0.15, 0.2) is 71.6 Å². The summed E-state index contributed by atoms with van der Waals surface area (Å²) >= 11 is 6.87. The van der Waals surface area contributed by atoms with Gasteiger partial charge < -0.3 is 5.32 Å². The van der Waals surface area contributed by atoms with Crippen LogP contribution in [0.2, 0.25) is 5.02 Å². The zero-order valence-electron chi connectivity index (χ0n) is 18.1. The van der Waals surface area contributed by atoms with Gasteiger partial charge in [-0.1, -0.05) is 35.9 Å². The summed E-state index contributed by atoms with van der Waals surface area (Å²) in [4.78, 5) is 60.1. The van der Waals surface area contributed by atoms with Gasteiger partial charge in [0.2, 0.25) is 0 Å². The highest BCUT2D eigenvalue weighted by Gasteiger charge is 2.32. The Morgan fingerprint density at radius 1 is 0.889 bits per heavy atom. The molecule has 1 aliphatic rings. The van der Waals surface area contributed by atoms with Gasteiger partial charge in [-0.25, -0.2) is 0 Å². The lowest BCUT2D eigenvalue weighted by Crippen LogP contribution is -2.12. The van der Waals surface area contributed by atoms with Crippen LogP contribution in [-0.2, 0) is 4.79 Å². The summed E-state index contributed by atoms with van der Waals surface area (Å²) in [5.41, 5.74) is 0.151. The lowest BCUT2D eigenvalue weighted by atomic mass is 10.0. The minimum atomic E-state index is -0.700. The molecule has 180 valence electrons. The monoisotopic (exact) mass is 523 g/mol. The second-order valence-corrected chi connectivity index (χ2v) is 8.93. The topological polar surface area (TPSA) is 150 Å². The van der Waals surface area contributed by atoms with Crippen LogP contribution in [0.4, 0.5) is 17.1 Å². The first-order valence-corrected chi connectivity index (χ1v) is 11.6. The number of fused-ring (bicyclic) bond motifs is 1. The molecule has 0 unspecified atom stereocenters. The molecule has 12 heteroatoms. The molecule has 0 atom stereocenters. The van der Waals surface area contributed by atoms with Gasteiger partial charge in [0.1, 0.15) is 0 Å². The number of thioether (sulfide) groups is 1. The van der Waals surface area contributed by atoms with E-state index < -0.39 is 27.3 Å². The van der Waals surface area contributed by atoms with Gasteiger partial charge in [0, 0.05) is 51.7 Å². The fourth-order valence-electron chi connectivity index (χ4n) is 3.52. The van der Waals surface area contributed by atoms with Crippen LogP contribution in [0.25, 0.3) is 5.57 Å². The second kappa shape index (κ2) is 10.1. The van der Waals surface area contributed by atoms with Crippen molar-refractivity contribution in [1.29, 1.82) is 0 Å². The Kier molecular flexibility index (Phi) is 6.95. The number of carbonyl (C=O) groups is 3. The highest BCUT2D eigenvalue weighted by molar-refractivity contribution is 8.04. The van der Waals surface area contributed by atoms with E-state index in [1.165, 1.54) is 42.5 Å². The number of allylic oxidation sites excluding steroid dienone is 1. The fourth-order valence-corrected chi connectivity index (χ4v) is 4.73. The zero-order chi connectivity index (χ0) is 26.0. The summed E-state index contributed by atoms with van der Waals surface area (Å²) in [5.74, 6) is -2.15. The van der Waals surface area contributed by atoms with Crippen molar-refractivity contribution in [1.82, 2.24) is 0 Å². The molecule has 0 radical (unpaired) electrons. The van der Waals surface area contributed by atoms with Gasteiger partial charge in [0.15, 0.2) is 11.6 Å². The molecule has 1 amide bonds. The minimum absolute atomic E-state index is 0.0270. The molecule has 3 aromatic rings. The average molecular weight is 524 g/mol. The van der Waals surface area contributed by atoms with Crippen LogP contribution in [0.5, 0.6) is 0 Å². The van der Waals surface area contributed by atoms with Crippen molar-refractivity contribution >= 4 is 63.5 Å². The summed E-state index contributed by atoms with van der Waals surface area (Å²) in [6.45, 7) is 0. The van der Waals surface area contributed by atoms with Gasteiger partial charge in [0.05, 0.1) is 26.1 Å². The summed E-state index contributed by atoms with van der Waals surface area (Å²) in [6.07, 6.45) is 0. The van der Waals surface area contributed by atoms with Crippen LogP contribution in [0, 0.1) is 20.2 Å². The number of hydrogen-bond donors (Lipinski definition) is 1. The number of nitro groups is 2. The molecule has 36 heavy (non-hydrogen) atoms. The van der Waals surface area contributed by atoms with Crippen molar-refractivity contribution in [3.8, 4) is 0 Å². The highest BCUT2D eigenvalue weighted by atomic mass is 35.5. The molecule has 0 aliphatic carbocycles. The third kappa shape index (κ3) is 5.02. The molecule has 0 spiro atoms. The lowest BCUT2D eigenvalue weighted by Gasteiger charge is -2.10. The molecule has 1 N–H and O–H groups in total. The third-order valence-electron chi connectivity index (χ3n) is 5.21. The summed E-state index contributed by atoms with van der Waals surface area (Å²) in [5, 5.41) is 25.2. The molecule has 10 nitrogen and oxygen atoms in total. The van der Waals surface area contributed by atoms with Crippen molar-refractivity contribution < 1.29 is 24.2 Å². The van der Waals surface area contributed by atoms with Gasteiger partial charge in [-0.15, -0.1) is 11.8 Å². The Morgan fingerprint density at radius 2 is 1.50 bits per heavy atom. The Hall–Kier alpha value is -4.35. The van der Waals surface area contributed by atoms with E-state index in [2.05, 4.69) is 5.32 Å². The molecular formula is C24H14ClN3O7S. The van der Waals surface area contributed by atoms with Gasteiger partial charge in [0.25, 0.3) is 17.3 Å². The number of benzene rings is 3. The number of non-ortho nitro benzene ring substituents is 2. The molecule has 0 aromatic heterocycles. The number of Topliss-reactive ketones (excluding diaryl/α,β-unsaturated/α-hetero) is 2. The van der Waals surface area contributed by atoms with E-state index in [9.17, 15) is 34.6 Å². The standard InChI is InChI=1S/C24H14ClN3O7S/c25-15-7-8-19-18(11-15)21(24(31)26-19)23(22(30)14-4-2-6-17(10-14)28(34)35)36-12-20(29)13-3-1-5-16(9-13)27(32)33/h1-11H,12H2,(H,26,31)/b23-21-. The summed E-state index contributed by atoms with van der Waals surface area (Å²) < 4.78 is 0. The number of halogens is 1. The lowest BCUT2D eigenvalue weighted by molar-refractivity contribution is -0.385. The Bertz CT molecular complexity index is 1500. The van der Waals surface area contributed by atoms with Crippen molar-refractivity contribution in [2.45, 2.75) is 0 Å². The van der Waals surface area contributed by atoms with Crippen molar-refractivity contribution in [3.63, 3.8) is 0 Å². The number of carbonyl (C=O) groups excluding carboxylic acids is 3. The van der Waals surface area contributed by atoms with Crippen LogP contribution >= 0.6 is 23.4 Å². The van der Waals surface area contributed by atoms with E-state index in [0.29, 0.717) is 16.3 Å². The quantitative estimate of drug-likeness (QED) is 0.180. The number of nitrogens with zero attached hydrogens (tertiary/aromatic N) is 2. The van der Waals surface area contributed by atoms with Gasteiger partial charge >= 0.3 is 0 Å². The smallest absolute Gasteiger partial charge is 0.270 e. The molecule has 3 aromatic carbocycles. The van der Waals surface area contributed by atoms with E-state index in [0.717, 1.165) is 23.9 Å². The van der Waals surface area contributed by atoms with Crippen molar-refractivity contribution in [2.24, 2.45) is 0 Å². The van der Waals surface area contributed by atoms with Crippen LogP contribution in [0.3, 0.4) is 0 Å². The normalized spacial score (nSPS) is 13.5. The predicted octanol–water partition coefficient (Wildman–Crippen LogP) is 5.32. The number of ketones is 2. The number of amides is 1. The first-order chi connectivity index (χ1) is 17.2. The molecule has 0 saturated carbocycles.